The number of epoxide rings is 1. The van der Waals surface area contributed by atoms with Crippen molar-refractivity contribution in [2.45, 2.75) is 95.2 Å². The molecule has 3 aliphatic rings. The first-order chi connectivity index (χ1) is 24.5. The Kier molecular flexibility index (Phi) is 14.0. The molecule has 4 rings (SSSR count). The number of hydrogen-bond acceptors (Lipinski definition) is 12. The van der Waals surface area contributed by atoms with Gasteiger partial charge in [-0.2, -0.15) is 0 Å². The molecule has 2 fully saturated rings. The van der Waals surface area contributed by atoms with Gasteiger partial charge in [0, 0.05) is 45.7 Å². The first-order valence-corrected chi connectivity index (χ1v) is 20.1. The molecule has 2 N–H and O–H groups in total. The molecule has 13 nitrogen and oxygen atoms in total. The number of amides is 3. The Bertz CT molecular complexity index is 1580. The van der Waals surface area contributed by atoms with Crippen molar-refractivity contribution in [1.82, 2.24) is 10.2 Å². The summed E-state index contributed by atoms with van der Waals surface area (Å²) in [6, 6.07) is 2.63. The van der Waals surface area contributed by atoms with Crippen LogP contribution in [0.4, 0.5) is 10.5 Å². The normalized spacial score (nSPS) is 31.6. The molecule has 0 saturated carbocycles. The summed E-state index contributed by atoms with van der Waals surface area (Å²) in [6.07, 6.45) is 3.17. The fourth-order valence-corrected chi connectivity index (χ4v) is 8.09. The van der Waals surface area contributed by atoms with Crippen LogP contribution < -0.4 is 15.0 Å². The highest BCUT2D eigenvalue weighted by atomic mass is 35.5. The lowest BCUT2D eigenvalue weighted by Crippen LogP contribution is -2.63. The Morgan fingerprint density at radius 3 is 2.63 bits per heavy atom. The van der Waals surface area contributed by atoms with Crippen molar-refractivity contribution in [3.63, 3.8) is 0 Å². The van der Waals surface area contributed by atoms with Gasteiger partial charge < -0.3 is 38.6 Å². The molecule has 0 aliphatic carbocycles. The zero-order chi connectivity index (χ0) is 38.5. The Morgan fingerprint density at radius 2 is 1.98 bits per heavy atom. The number of nitrogens with one attached hydrogen (secondary N) is 1. The number of nitrogens with zero attached hydrogens (tertiary/aromatic N) is 2. The highest BCUT2D eigenvalue weighted by molar-refractivity contribution is 8.76. The molecule has 52 heavy (non-hydrogen) atoms. The van der Waals surface area contributed by atoms with Crippen LogP contribution in [0.3, 0.4) is 0 Å². The maximum Gasteiger partial charge on any atom is 0.409 e. The van der Waals surface area contributed by atoms with Crippen LogP contribution >= 0.6 is 33.2 Å². The largest absolute Gasteiger partial charge is 0.495 e. The summed E-state index contributed by atoms with van der Waals surface area (Å²) in [5.74, 6) is -0.916. The summed E-state index contributed by atoms with van der Waals surface area (Å²) in [6.45, 7) is 7.02. The molecule has 3 heterocycles. The monoisotopic (exact) mass is 783 g/mol. The van der Waals surface area contributed by atoms with E-state index in [1.165, 1.54) is 31.1 Å². The van der Waals surface area contributed by atoms with Gasteiger partial charge in [0.05, 0.1) is 25.3 Å². The van der Waals surface area contributed by atoms with Crippen molar-refractivity contribution < 1.29 is 48.0 Å². The second kappa shape index (κ2) is 17.5. The number of fused-ring (bicyclic) bond motifs is 5. The van der Waals surface area contributed by atoms with E-state index in [4.69, 9.17) is 35.3 Å². The standard InChI is InChI=1S/C36H50ClN3O10S2/c1-20-11-10-12-27(47-8)36(45)19-26(48-34(44)38-36)21(2)32-35(4,50-32)28(49-33(43)22(3)39(5)29(41)13-14-52-51-9)18-30(42)40(6)24-16-23(15-20)17-25(46-7)31(24)37/h10-12,16-17,21-22,26-28,32,45H,13-15,18-19H2,1-9H3,(H,38,44)/b12-10-,20-11-/t21-,22+,26+,27-,28-,32?,35+,36+/m1/s1. The van der Waals surface area contributed by atoms with Gasteiger partial charge in [-0.1, -0.05) is 63.9 Å². The van der Waals surface area contributed by atoms with Crippen LogP contribution in [-0.4, -0.2) is 116 Å². The van der Waals surface area contributed by atoms with E-state index in [1.54, 1.807) is 73.7 Å². The molecule has 0 radical (unpaired) electrons. The third-order valence-electron chi connectivity index (χ3n) is 10.0. The predicted octanol–water partition coefficient (Wildman–Crippen LogP) is 4.92. The van der Waals surface area contributed by atoms with Crippen LogP contribution in [0.5, 0.6) is 5.75 Å². The number of hydrogen-bond donors (Lipinski definition) is 2. The zero-order valence-electron chi connectivity index (χ0n) is 31.1. The van der Waals surface area contributed by atoms with Gasteiger partial charge in [0.15, 0.2) is 5.72 Å². The third kappa shape index (κ3) is 9.40. The Morgan fingerprint density at radius 1 is 1.27 bits per heavy atom. The number of allylic oxidation sites excluding steroid dienone is 3. The number of rotatable bonds is 9. The molecule has 16 heteroatoms. The number of alkyl carbamates (subject to hydrolysis) is 1. The average Bonchev–Trinajstić information content (AvgIpc) is 3.80. The Labute approximate surface area is 318 Å². The lowest BCUT2D eigenvalue weighted by Gasteiger charge is -2.42. The molecule has 3 amide bonds. The molecule has 0 spiro atoms. The highest BCUT2D eigenvalue weighted by Gasteiger charge is 2.64. The summed E-state index contributed by atoms with van der Waals surface area (Å²) in [7, 11) is 9.14. The molecule has 4 bridgehead atoms. The van der Waals surface area contributed by atoms with Crippen molar-refractivity contribution in [3.05, 3.63) is 46.5 Å². The minimum atomic E-state index is -1.82. The second-order valence-corrected chi connectivity index (χ2v) is 16.7. The zero-order valence-corrected chi connectivity index (χ0v) is 33.5. The van der Waals surface area contributed by atoms with Gasteiger partial charge in [-0.3, -0.25) is 14.9 Å². The third-order valence-corrected chi connectivity index (χ3v) is 12.2. The van der Waals surface area contributed by atoms with E-state index in [2.05, 4.69) is 5.32 Å². The lowest BCUT2D eigenvalue weighted by atomic mass is 9.83. The number of ether oxygens (including phenoxy) is 5. The van der Waals surface area contributed by atoms with Crippen molar-refractivity contribution in [1.29, 1.82) is 0 Å². The van der Waals surface area contributed by atoms with E-state index in [0.717, 1.165) is 11.1 Å². The average molecular weight is 784 g/mol. The summed E-state index contributed by atoms with van der Waals surface area (Å²) in [4.78, 5) is 56.2. The number of benzene rings is 1. The topological polar surface area (TPSA) is 156 Å². The van der Waals surface area contributed by atoms with Gasteiger partial charge >= 0.3 is 12.1 Å². The molecule has 3 aliphatic heterocycles. The number of carbonyl (C=O) groups excluding carboxylic acids is 4. The molecule has 0 aromatic heterocycles. The van der Waals surface area contributed by atoms with E-state index < -0.39 is 65.7 Å². The number of anilines is 1. The van der Waals surface area contributed by atoms with E-state index in [1.807, 2.05) is 19.3 Å². The summed E-state index contributed by atoms with van der Waals surface area (Å²) in [5.41, 5.74) is -0.884. The maximum absolute atomic E-state index is 14.1. The Balaban J connectivity index is 1.74. The highest BCUT2D eigenvalue weighted by Crippen LogP contribution is 2.49. The van der Waals surface area contributed by atoms with Crippen molar-refractivity contribution in [2.24, 2.45) is 5.92 Å². The first-order valence-electron chi connectivity index (χ1n) is 17.0. The van der Waals surface area contributed by atoms with Crippen molar-refractivity contribution in [2.75, 3.05) is 45.2 Å². The number of likely N-dealkylation sites (N-methyl/N-ethyl adjacent to an activating group) is 1. The van der Waals surface area contributed by atoms with Crippen LogP contribution in [0.1, 0.15) is 52.5 Å². The molecule has 1 aromatic carbocycles. The van der Waals surface area contributed by atoms with Gasteiger partial charge in [-0.15, -0.1) is 0 Å². The molecular formula is C36H50ClN3O10S2. The van der Waals surface area contributed by atoms with Crippen LogP contribution in [0.2, 0.25) is 5.02 Å². The SMILES string of the molecule is COc1cc2cc(c1Cl)N(C)C(=O)C[C@@H](OC(=O)[C@H](C)N(C)C(=O)CCSSC)[C@]1(C)OC1[C@H](C)[C@@H]1C[C@@](O)(NC(=O)O1)[C@H](OC)/C=C\C=C(\C)C2. The van der Waals surface area contributed by atoms with E-state index in [0.29, 0.717) is 23.6 Å². The predicted molar refractivity (Wildman–Crippen MR) is 202 cm³/mol. The molecule has 2 saturated heterocycles. The minimum absolute atomic E-state index is 0.0452. The number of esters is 1. The molecule has 1 aromatic rings. The van der Waals surface area contributed by atoms with Gasteiger partial charge in [0.2, 0.25) is 11.8 Å². The maximum atomic E-state index is 14.1. The van der Waals surface area contributed by atoms with E-state index in [-0.39, 0.29) is 30.2 Å². The lowest BCUT2D eigenvalue weighted by molar-refractivity contribution is -0.161. The van der Waals surface area contributed by atoms with Gasteiger partial charge in [-0.05, 0) is 51.1 Å². The number of methoxy groups -OCH3 is 2. The summed E-state index contributed by atoms with van der Waals surface area (Å²) < 4.78 is 29.2. The number of carbonyl (C=O) groups is 4. The van der Waals surface area contributed by atoms with Crippen LogP contribution in [0.25, 0.3) is 0 Å². The Hall–Kier alpha value is -2.95. The fraction of sp³-hybridized carbons (Fsp3) is 0.611. The van der Waals surface area contributed by atoms with E-state index >= 15 is 0 Å². The molecular weight excluding hydrogens is 734 g/mol. The molecule has 1 unspecified atom stereocenters. The first kappa shape index (κ1) is 41.8. The summed E-state index contributed by atoms with van der Waals surface area (Å²) in [5, 5.41) is 14.5. The molecule has 8 atom stereocenters. The summed E-state index contributed by atoms with van der Waals surface area (Å²) >= 11 is 6.75. The van der Waals surface area contributed by atoms with Gasteiger partial charge in [-0.25, -0.2) is 9.59 Å². The van der Waals surface area contributed by atoms with Crippen molar-refractivity contribution in [3.8, 4) is 5.75 Å². The smallest absolute Gasteiger partial charge is 0.409 e. The minimum Gasteiger partial charge on any atom is -0.495 e. The van der Waals surface area contributed by atoms with Crippen molar-refractivity contribution >= 4 is 62.8 Å². The van der Waals surface area contributed by atoms with Gasteiger partial charge in [0.1, 0.15) is 40.7 Å². The molecule has 288 valence electrons. The number of halogens is 1. The van der Waals surface area contributed by atoms with Gasteiger partial charge in [0.25, 0.3) is 0 Å². The van der Waals surface area contributed by atoms with Crippen LogP contribution in [-0.2, 0) is 39.8 Å². The number of aliphatic hydroxyl groups is 1. The van der Waals surface area contributed by atoms with Crippen LogP contribution in [0, 0.1) is 5.92 Å². The van der Waals surface area contributed by atoms with Crippen LogP contribution in [0.15, 0.2) is 35.9 Å². The fourth-order valence-electron chi connectivity index (χ4n) is 6.61. The quantitative estimate of drug-likeness (QED) is 0.151. The van der Waals surface area contributed by atoms with E-state index in [9.17, 15) is 24.3 Å². The second-order valence-electron chi connectivity index (χ2n) is 13.6.